The van der Waals surface area contributed by atoms with Crippen molar-refractivity contribution in [3.8, 4) is 11.4 Å². The summed E-state index contributed by atoms with van der Waals surface area (Å²) in [5.74, 6) is 0.789. The van der Waals surface area contributed by atoms with E-state index in [1.165, 1.54) is 0 Å². The van der Waals surface area contributed by atoms with Gasteiger partial charge in [0.05, 0.1) is 31.3 Å². The highest BCUT2D eigenvalue weighted by Crippen LogP contribution is 2.53. The lowest BCUT2D eigenvalue weighted by atomic mass is 10.1. The number of carbonyl (C=O) groups is 1. The monoisotopic (exact) mass is 475 g/mol. The summed E-state index contributed by atoms with van der Waals surface area (Å²) in [4.78, 5) is 23.2. The van der Waals surface area contributed by atoms with Crippen molar-refractivity contribution in [3.63, 3.8) is 0 Å². The Morgan fingerprint density at radius 2 is 1.88 bits per heavy atom. The van der Waals surface area contributed by atoms with E-state index in [9.17, 15) is 18.3 Å². The van der Waals surface area contributed by atoms with Gasteiger partial charge in [-0.3, -0.25) is 0 Å². The van der Waals surface area contributed by atoms with Crippen molar-refractivity contribution in [3.05, 3.63) is 36.0 Å². The molecule has 2 amide bonds. The molecule has 1 aliphatic carbocycles. The SMILES string of the molecule is CCNC(=O)Nc1ccc(-c2nc(N3CCOCC3)cc(C3(S(=O)(=O)CCO)CC3)n2)cc1. The molecule has 2 aliphatic rings. The standard InChI is InChI=1S/C22H29N5O5S/c1-2-23-21(29)24-17-5-3-16(4-6-17)20-25-18(22(7-8-22)33(30,31)14-11-28)15-19(26-20)27-9-12-32-13-10-27/h3-6,15,28H,2,7-14H2,1H3,(H2,23,24,29). The smallest absolute Gasteiger partial charge is 0.319 e. The maximum atomic E-state index is 13.0. The number of hydrogen-bond donors (Lipinski definition) is 3. The van der Waals surface area contributed by atoms with Gasteiger partial charge in [0.1, 0.15) is 10.6 Å². The molecule has 178 valence electrons. The Morgan fingerprint density at radius 3 is 2.48 bits per heavy atom. The second-order valence-corrected chi connectivity index (χ2v) is 10.6. The van der Waals surface area contributed by atoms with Crippen LogP contribution in [0.4, 0.5) is 16.3 Å². The summed E-state index contributed by atoms with van der Waals surface area (Å²) in [5.41, 5.74) is 1.80. The van der Waals surface area contributed by atoms with Crippen molar-refractivity contribution in [2.75, 3.05) is 55.4 Å². The predicted molar refractivity (Wildman–Crippen MR) is 125 cm³/mol. The highest BCUT2D eigenvalue weighted by Gasteiger charge is 2.56. The molecule has 1 aromatic carbocycles. The van der Waals surface area contributed by atoms with Crippen LogP contribution >= 0.6 is 0 Å². The maximum Gasteiger partial charge on any atom is 0.319 e. The highest BCUT2D eigenvalue weighted by molar-refractivity contribution is 7.92. The van der Waals surface area contributed by atoms with E-state index in [0.29, 0.717) is 74.3 Å². The van der Waals surface area contributed by atoms with Gasteiger partial charge >= 0.3 is 6.03 Å². The first-order valence-electron chi connectivity index (χ1n) is 11.1. The number of aliphatic hydroxyl groups excluding tert-OH is 1. The number of carbonyl (C=O) groups excluding carboxylic acids is 1. The number of sulfone groups is 1. The molecule has 0 bridgehead atoms. The van der Waals surface area contributed by atoms with Crippen molar-refractivity contribution in [2.24, 2.45) is 0 Å². The minimum absolute atomic E-state index is 0.289. The highest BCUT2D eigenvalue weighted by atomic mass is 32.2. The first kappa shape index (κ1) is 23.4. The number of rotatable bonds is 8. The zero-order valence-corrected chi connectivity index (χ0v) is 19.4. The van der Waals surface area contributed by atoms with E-state index in [2.05, 4.69) is 20.5 Å². The average molecular weight is 476 g/mol. The van der Waals surface area contributed by atoms with E-state index in [1.54, 1.807) is 30.3 Å². The molecule has 2 fully saturated rings. The Bertz CT molecular complexity index is 1100. The molecular weight excluding hydrogens is 446 g/mol. The number of aliphatic hydroxyl groups is 1. The molecule has 0 unspecified atom stereocenters. The number of nitrogens with zero attached hydrogens (tertiary/aromatic N) is 3. The van der Waals surface area contributed by atoms with Gasteiger partial charge < -0.3 is 25.4 Å². The normalized spacial score (nSPS) is 17.5. The number of ether oxygens (including phenoxy) is 1. The van der Waals surface area contributed by atoms with Crippen LogP contribution in [0.1, 0.15) is 25.5 Å². The summed E-state index contributed by atoms with van der Waals surface area (Å²) in [7, 11) is -3.56. The molecule has 1 aliphatic heterocycles. The molecule has 11 heteroatoms. The number of amides is 2. The van der Waals surface area contributed by atoms with Crippen molar-refractivity contribution in [1.82, 2.24) is 15.3 Å². The van der Waals surface area contributed by atoms with Crippen LogP contribution in [0.25, 0.3) is 11.4 Å². The molecule has 4 rings (SSSR count). The largest absolute Gasteiger partial charge is 0.395 e. The number of anilines is 2. The summed E-state index contributed by atoms with van der Waals surface area (Å²) in [5, 5.41) is 14.7. The van der Waals surface area contributed by atoms with Gasteiger partial charge in [0.25, 0.3) is 0 Å². The summed E-state index contributed by atoms with van der Waals surface area (Å²) in [6, 6.07) is 8.58. The molecule has 2 heterocycles. The number of morpholine rings is 1. The minimum atomic E-state index is -3.56. The number of benzene rings is 1. The van der Waals surface area contributed by atoms with Crippen LogP contribution in [0, 0.1) is 0 Å². The first-order valence-corrected chi connectivity index (χ1v) is 12.7. The van der Waals surface area contributed by atoms with Gasteiger partial charge in [-0.15, -0.1) is 0 Å². The van der Waals surface area contributed by atoms with Crippen LogP contribution in [0.5, 0.6) is 0 Å². The topological polar surface area (TPSA) is 134 Å². The molecule has 1 aromatic heterocycles. The van der Waals surface area contributed by atoms with E-state index in [-0.39, 0.29) is 11.8 Å². The Hall–Kier alpha value is -2.76. The lowest BCUT2D eigenvalue weighted by molar-refractivity contribution is 0.122. The van der Waals surface area contributed by atoms with Gasteiger partial charge in [-0.1, -0.05) is 0 Å². The molecule has 0 atom stereocenters. The van der Waals surface area contributed by atoms with E-state index in [1.807, 2.05) is 6.92 Å². The van der Waals surface area contributed by atoms with Crippen LogP contribution in [0.3, 0.4) is 0 Å². The molecular formula is C22H29N5O5S. The summed E-state index contributed by atoms with van der Waals surface area (Å²) >= 11 is 0. The van der Waals surface area contributed by atoms with Crippen molar-refractivity contribution in [1.29, 1.82) is 0 Å². The van der Waals surface area contributed by atoms with Gasteiger partial charge in [0, 0.05) is 37.0 Å². The Balaban J connectivity index is 1.70. The fourth-order valence-corrected chi connectivity index (χ4v) is 5.72. The molecule has 2 aromatic rings. The van der Waals surface area contributed by atoms with E-state index < -0.39 is 21.2 Å². The quantitative estimate of drug-likeness (QED) is 0.523. The van der Waals surface area contributed by atoms with Gasteiger partial charge in [-0.25, -0.2) is 23.2 Å². The van der Waals surface area contributed by atoms with Gasteiger partial charge in [0.15, 0.2) is 15.7 Å². The van der Waals surface area contributed by atoms with E-state index >= 15 is 0 Å². The summed E-state index contributed by atoms with van der Waals surface area (Å²) in [6.45, 7) is 4.40. The van der Waals surface area contributed by atoms with E-state index in [4.69, 9.17) is 9.72 Å². The summed E-state index contributed by atoms with van der Waals surface area (Å²) in [6.07, 6.45) is 0.952. The molecule has 1 saturated carbocycles. The number of urea groups is 1. The van der Waals surface area contributed by atoms with Crippen LogP contribution in [-0.2, 0) is 19.3 Å². The zero-order valence-electron chi connectivity index (χ0n) is 18.6. The average Bonchev–Trinajstić information content (AvgIpc) is 3.63. The lowest BCUT2D eigenvalue weighted by Crippen LogP contribution is -2.37. The third-order valence-corrected chi connectivity index (χ3v) is 8.44. The van der Waals surface area contributed by atoms with Gasteiger partial charge in [-0.2, -0.15) is 0 Å². The fraction of sp³-hybridized carbons (Fsp3) is 0.500. The van der Waals surface area contributed by atoms with Crippen LogP contribution in [-0.4, -0.2) is 74.7 Å². The Morgan fingerprint density at radius 1 is 1.18 bits per heavy atom. The molecule has 0 radical (unpaired) electrons. The second kappa shape index (κ2) is 9.62. The number of nitrogens with one attached hydrogen (secondary N) is 2. The van der Waals surface area contributed by atoms with Crippen LogP contribution in [0.2, 0.25) is 0 Å². The zero-order chi connectivity index (χ0) is 23.5. The molecule has 0 spiro atoms. The molecule has 10 nitrogen and oxygen atoms in total. The predicted octanol–water partition coefficient (Wildman–Crippen LogP) is 1.52. The maximum absolute atomic E-state index is 13.0. The number of aromatic nitrogens is 2. The van der Waals surface area contributed by atoms with Crippen molar-refractivity contribution in [2.45, 2.75) is 24.5 Å². The third-order valence-electron chi connectivity index (χ3n) is 5.91. The second-order valence-electron chi connectivity index (χ2n) is 8.13. The fourth-order valence-electron chi connectivity index (χ4n) is 3.95. The lowest BCUT2D eigenvalue weighted by Gasteiger charge is -2.29. The van der Waals surface area contributed by atoms with Gasteiger partial charge in [0.2, 0.25) is 0 Å². The Labute approximate surface area is 193 Å². The van der Waals surface area contributed by atoms with Crippen LogP contribution in [0.15, 0.2) is 30.3 Å². The molecule has 33 heavy (non-hydrogen) atoms. The van der Waals surface area contributed by atoms with E-state index in [0.717, 1.165) is 0 Å². The summed E-state index contributed by atoms with van der Waals surface area (Å²) < 4.78 is 30.3. The van der Waals surface area contributed by atoms with Gasteiger partial charge in [-0.05, 0) is 44.0 Å². The van der Waals surface area contributed by atoms with Crippen LogP contribution < -0.4 is 15.5 Å². The van der Waals surface area contributed by atoms with Crippen molar-refractivity contribution >= 4 is 27.4 Å². The number of hydrogen-bond acceptors (Lipinski definition) is 8. The first-order chi connectivity index (χ1) is 15.9. The molecule has 1 saturated heterocycles. The molecule has 3 N–H and O–H groups in total. The Kier molecular flexibility index (Phi) is 6.82. The van der Waals surface area contributed by atoms with Crippen molar-refractivity contribution < 1.29 is 23.1 Å². The third kappa shape index (κ3) is 4.94. The minimum Gasteiger partial charge on any atom is -0.395 e.